The molecule has 0 aromatic heterocycles. The number of aliphatic hydroxyl groups is 1. The van der Waals surface area contributed by atoms with E-state index in [0.29, 0.717) is 16.9 Å². The van der Waals surface area contributed by atoms with Gasteiger partial charge in [-0.3, -0.25) is 4.99 Å². The topological polar surface area (TPSA) is 149 Å². The Morgan fingerprint density at radius 1 is 1.17 bits per heavy atom. The summed E-state index contributed by atoms with van der Waals surface area (Å²) in [6, 6.07) is 4.82. The Balaban J connectivity index is 0.000000846. The number of phenols is 1. The number of benzene rings is 2. The Morgan fingerprint density at radius 3 is 2.38 bits per heavy atom. The fourth-order valence-corrected chi connectivity index (χ4v) is 2.95. The number of aromatic hydroxyl groups is 1. The van der Waals surface area contributed by atoms with E-state index in [-0.39, 0.29) is 46.0 Å². The summed E-state index contributed by atoms with van der Waals surface area (Å²) >= 11 is 0.615. The van der Waals surface area contributed by atoms with Gasteiger partial charge in [-0.2, -0.15) is 0 Å². The first-order chi connectivity index (χ1) is 13.3. The predicted molar refractivity (Wildman–Crippen MR) is 105 cm³/mol. The largest absolute Gasteiger partial charge is 1.00 e. The van der Waals surface area contributed by atoms with Gasteiger partial charge in [0.1, 0.15) is 15.9 Å². The van der Waals surface area contributed by atoms with Crippen molar-refractivity contribution in [3.05, 3.63) is 61.4 Å². The van der Waals surface area contributed by atoms with E-state index in [4.69, 9.17) is 10.4 Å². The van der Waals surface area contributed by atoms with Gasteiger partial charge < -0.3 is 14.8 Å². The van der Waals surface area contributed by atoms with Crippen LogP contribution in [0.2, 0.25) is 0 Å². The molecule has 0 fully saturated rings. The fourth-order valence-electron chi connectivity index (χ4n) is 1.98. The molecular weight excluding hydrogens is 433 g/mol. The van der Waals surface area contributed by atoms with Crippen LogP contribution in [0.5, 0.6) is 5.75 Å². The molecule has 150 valence electrons. The second-order valence-corrected chi connectivity index (χ2v) is 6.94. The van der Waals surface area contributed by atoms with Crippen LogP contribution in [0.25, 0.3) is 10.8 Å². The third-order valence-electron chi connectivity index (χ3n) is 3.02. The monoisotopic (exact) mass is 449 g/mol. The van der Waals surface area contributed by atoms with Gasteiger partial charge in [0.25, 0.3) is 0 Å². The third kappa shape index (κ3) is 8.70. The minimum Gasteiger partial charge on any atom is -0.744 e. The normalized spacial score (nSPS) is 11.1. The Labute approximate surface area is 193 Å². The zero-order chi connectivity index (χ0) is 21.2. The minimum absolute atomic E-state index is 0. The van der Waals surface area contributed by atoms with Crippen LogP contribution in [0, 0.1) is 0 Å². The molecule has 0 amide bonds. The van der Waals surface area contributed by atoms with Crippen molar-refractivity contribution >= 4 is 45.3 Å². The van der Waals surface area contributed by atoms with Crippen molar-refractivity contribution in [3.8, 4) is 5.75 Å². The van der Waals surface area contributed by atoms with E-state index in [1.54, 1.807) is 18.2 Å². The van der Waals surface area contributed by atoms with Crippen LogP contribution in [0.3, 0.4) is 0 Å². The van der Waals surface area contributed by atoms with Gasteiger partial charge in [-0.1, -0.05) is 29.8 Å². The average Bonchev–Trinajstić information content (AvgIpc) is 2.65. The summed E-state index contributed by atoms with van der Waals surface area (Å²) in [5, 5.41) is 30.0. The standard InChI is InChI=1S/C11H9NO7S2.C6H8O.Na/c1-12-9-4-7(20-19-18-14)2-6-3-8(21(15,16)17)5-10(13)11(6)9;1-2-3-4-5-6-7;/h2-5,13-14H,1H2,(H,15,16,17);2-7H,1H2;/q;;+1/p-1/b;4-3-,6-5+;. The van der Waals surface area contributed by atoms with Gasteiger partial charge in [-0.25, -0.2) is 13.7 Å². The summed E-state index contributed by atoms with van der Waals surface area (Å²) in [7, 11) is -4.73. The van der Waals surface area contributed by atoms with Crippen molar-refractivity contribution in [1.29, 1.82) is 0 Å². The van der Waals surface area contributed by atoms with Crippen molar-refractivity contribution in [2.24, 2.45) is 4.99 Å². The van der Waals surface area contributed by atoms with Gasteiger partial charge in [-0.05, 0) is 42.4 Å². The number of aliphatic imine (C=N–C) groups is 1. The number of aliphatic hydroxyl groups excluding tert-OH is 1. The molecule has 3 N–H and O–H groups in total. The first-order valence-electron chi connectivity index (χ1n) is 7.25. The quantitative estimate of drug-likeness (QED) is 0.0823. The van der Waals surface area contributed by atoms with Crippen LogP contribution in [0.1, 0.15) is 0 Å². The Hall–Kier alpha value is -1.67. The SMILES string of the molecule is C=C/C=C\C=C\O.C=Nc1cc(SOOO)cc2cc(S(=O)(=O)[O-])cc(O)c12.[Na+]. The molecule has 2 aromatic carbocycles. The molecule has 0 bridgehead atoms. The molecular formula is C17H16NNaO8S2. The second kappa shape index (κ2) is 13.5. The molecule has 12 heteroatoms. The molecule has 2 aromatic rings. The van der Waals surface area contributed by atoms with E-state index < -0.39 is 20.8 Å². The maximum Gasteiger partial charge on any atom is 1.00 e. The second-order valence-electron chi connectivity index (χ2n) is 4.78. The van der Waals surface area contributed by atoms with Gasteiger partial charge in [0.15, 0.2) is 0 Å². The fraction of sp³-hybridized carbons (Fsp3) is 0. The van der Waals surface area contributed by atoms with Crippen molar-refractivity contribution < 1.29 is 67.4 Å². The van der Waals surface area contributed by atoms with E-state index in [1.165, 1.54) is 18.2 Å². The van der Waals surface area contributed by atoms with Crippen LogP contribution in [-0.4, -0.2) is 35.2 Å². The van der Waals surface area contributed by atoms with Crippen LogP contribution in [0.4, 0.5) is 5.69 Å². The van der Waals surface area contributed by atoms with E-state index in [9.17, 15) is 18.1 Å². The first kappa shape index (κ1) is 27.3. The molecule has 29 heavy (non-hydrogen) atoms. The van der Waals surface area contributed by atoms with Crippen molar-refractivity contribution in [2.75, 3.05) is 0 Å². The van der Waals surface area contributed by atoms with E-state index >= 15 is 0 Å². The molecule has 0 aliphatic rings. The average molecular weight is 449 g/mol. The van der Waals surface area contributed by atoms with Gasteiger partial charge in [0, 0.05) is 10.3 Å². The molecule has 0 heterocycles. The Kier molecular flexibility index (Phi) is 12.8. The van der Waals surface area contributed by atoms with Gasteiger partial charge in [-0.15, -0.1) is 4.33 Å². The third-order valence-corrected chi connectivity index (χ3v) is 4.39. The van der Waals surface area contributed by atoms with Crippen LogP contribution >= 0.6 is 12.0 Å². The molecule has 0 radical (unpaired) electrons. The number of fused-ring (bicyclic) bond motifs is 1. The molecule has 0 atom stereocenters. The van der Waals surface area contributed by atoms with E-state index in [2.05, 4.69) is 27.7 Å². The molecule has 0 spiro atoms. The maximum absolute atomic E-state index is 11.1. The zero-order valence-corrected chi connectivity index (χ0v) is 18.9. The number of nitrogens with zero attached hydrogens (tertiary/aromatic N) is 1. The molecule has 0 aliphatic heterocycles. The van der Waals surface area contributed by atoms with E-state index in [0.717, 1.165) is 18.4 Å². The number of hydrogen-bond acceptors (Lipinski definition) is 10. The molecule has 2 rings (SSSR count). The van der Waals surface area contributed by atoms with E-state index in [1.807, 2.05) is 0 Å². The summed E-state index contributed by atoms with van der Waals surface area (Å²) < 4.78 is 37.4. The molecule has 0 unspecified atom stereocenters. The van der Waals surface area contributed by atoms with Crippen LogP contribution < -0.4 is 29.6 Å². The summed E-state index contributed by atoms with van der Waals surface area (Å²) in [6.07, 6.45) is 7.54. The van der Waals surface area contributed by atoms with Gasteiger partial charge in [0.2, 0.25) is 0 Å². The van der Waals surface area contributed by atoms with Crippen LogP contribution in [-0.2, 0) is 19.5 Å². The Morgan fingerprint density at radius 2 is 1.86 bits per heavy atom. The summed E-state index contributed by atoms with van der Waals surface area (Å²) in [5.74, 6) is -0.416. The molecule has 9 nitrogen and oxygen atoms in total. The number of hydrogen-bond donors (Lipinski definition) is 3. The van der Waals surface area contributed by atoms with Gasteiger partial charge >= 0.3 is 29.6 Å². The molecule has 0 saturated heterocycles. The van der Waals surface area contributed by atoms with Crippen molar-refractivity contribution in [3.63, 3.8) is 0 Å². The number of phenolic OH excluding ortho intramolecular Hbond substituents is 1. The zero-order valence-electron chi connectivity index (χ0n) is 15.3. The molecule has 0 saturated carbocycles. The number of allylic oxidation sites excluding steroid dienone is 4. The predicted octanol–water partition coefficient (Wildman–Crippen LogP) is 1.01. The first-order valence-corrected chi connectivity index (χ1v) is 9.40. The van der Waals surface area contributed by atoms with Crippen molar-refractivity contribution in [2.45, 2.75) is 9.79 Å². The number of rotatable bonds is 7. The maximum atomic E-state index is 11.1. The minimum atomic E-state index is -4.73. The molecule has 0 aliphatic carbocycles. The van der Waals surface area contributed by atoms with Gasteiger partial charge in [0.05, 0.1) is 28.9 Å². The van der Waals surface area contributed by atoms with Crippen molar-refractivity contribution in [1.82, 2.24) is 0 Å². The smallest absolute Gasteiger partial charge is 0.744 e. The summed E-state index contributed by atoms with van der Waals surface area (Å²) in [6.45, 7) is 6.77. The summed E-state index contributed by atoms with van der Waals surface area (Å²) in [5.41, 5.74) is 0.240. The van der Waals surface area contributed by atoms with Crippen LogP contribution in [0.15, 0.2) is 76.2 Å². The summed E-state index contributed by atoms with van der Waals surface area (Å²) in [4.78, 5) is 3.50. The Bertz CT molecular complexity index is 1010.